The van der Waals surface area contributed by atoms with E-state index in [2.05, 4.69) is 30.3 Å². The lowest BCUT2D eigenvalue weighted by atomic mass is 9.76. The highest BCUT2D eigenvalue weighted by Crippen LogP contribution is 2.47. The van der Waals surface area contributed by atoms with Gasteiger partial charge in [0.2, 0.25) is 0 Å². The minimum atomic E-state index is 0.175. The average molecular weight is 376 g/mol. The monoisotopic (exact) mass is 376 g/mol. The van der Waals surface area contributed by atoms with Crippen LogP contribution in [0.2, 0.25) is 0 Å². The Hall–Kier alpha value is -3.14. The number of hydrogen-bond donors (Lipinski definition) is 0. The SMILES string of the molecule is COc1ccc([C@H]2c3ccc(OC)cc3OC[C@H]2c2ccc(OC)cc2)cc1. The largest absolute Gasteiger partial charge is 0.497 e. The second kappa shape index (κ2) is 7.85. The lowest BCUT2D eigenvalue weighted by Crippen LogP contribution is -2.25. The van der Waals surface area contributed by atoms with Crippen molar-refractivity contribution in [1.82, 2.24) is 0 Å². The van der Waals surface area contributed by atoms with Gasteiger partial charge in [0, 0.05) is 23.5 Å². The molecule has 0 radical (unpaired) electrons. The number of hydrogen-bond acceptors (Lipinski definition) is 4. The molecule has 28 heavy (non-hydrogen) atoms. The Bertz CT molecular complexity index is 932. The molecule has 3 aromatic carbocycles. The van der Waals surface area contributed by atoms with E-state index in [1.807, 2.05) is 36.4 Å². The molecule has 4 heteroatoms. The first-order chi connectivity index (χ1) is 13.7. The molecule has 0 aromatic heterocycles. The fourth-order valence-electron chi connectivity index (χ4n) is 3.88. The maximum atomic E-state index is 6.15. The first-order valence-electron chi connectivity index (χ1n) is 9.32. The summed E-state index contributed by atoms with van der Waals surface area (Å²) in [5.74, 6) is 3.76. The van der Waals surface area contributed by atoms with Gasteiger partial charge in [-0.2, -0.15) is 0 Å². The maximum Gasteiger partial charge on any atom is 0.126 e. The topological polar surface area (TPSA) is 36.9 Å². The first-order valence-corrected chi connectivity index (χ1v) is 9.32. The maximum absolute atomic E-state index is 6.15. The second-order valence-electron chi connectivity index (χ2n) is 6.85. The van der Waals surface area contributed by atoms with Gasteiger partial charge in [-0.3, -0.25) is 0 Å². The van der Waals surface area contributed by atoms with Gasteiger partial charge in [-0.05, 0) is 41.5 Å². The van der Waals surface area contributed by atoms with Crippen molar-refractivity contribution in [3.05, 3.63) is 83.4 Å². The van der Waals surface area contributed by atoms with E-state index in [9.17, 15) is 0 Å². The minimum Gasteiger partial charge on any atom is -0.497 e. The van der Waals surface area contributed by atoms with Gasteiger partial charge in [-0.15, -0.1) is 0 Å². The fraction of sp³-hybridized carbons (Fsp3) is 0.250. The summed E-state index contributed by atoms with van der Waals surface area (Å²) >= 11 is 0. The normalized spacial score (nSPS) is 18.0. The standard InChI is InChI=1S/C24H24O4/c1-25-18-8-4-16(5-9-18)22-15-28-23-14-20(27-3)12-13-21(23)24(22)17-6-10-19(26-2)11-7-17/h4-14,22,24H,15H2,1-3H3/t22-,24-/m0/s1. The van der Waals surface area contributed by atoms with E-state index in [0.29, 0.717) is 6.61 Å². The van der Waals surface area contributed by atoms with Crippen molar-refractivity contribution in [2.24, 2.45) is 0 Å². The van der Waals surface area contributed by atoms with Gasteiger partial charge in [0.25, 0.3) is 0 Å². The molecule has 4 rings (SSSR count). The number of fused-ring (bicyclic) bond motifs is 1. The van der Waals surface area contributed by atoms with Crippen LogP contribution in [-0.2, 0) is 0 Å². The zero-order chi connectivity index (χ0) is 19.5. The summed E-state index contributed by atoms with van der Waals surface area (Å²) in [6.45, 7) is 0.600. The van der Waals surface area contributed by atoms with Crippen molar-refractivity contribution >= 4 is 0 Å². The van der Waals surface area contributed by atoms with E-state index in [0.717, 1.165) is 28.6 Å². The van der Waals surface area contributed by atoms with Crippen molar-refractivity contribution in [3.8, 4) is 23.0 Å². The summed E-state index contributed by atoms with van der Waals surface area (Å²) < 4.78 is 22.2. The van der Waals surface area contributed by atoms with E-state index in [1.54, 1.807) is 21.3 Å². The molecular formula is C24H24O4. The van der Waals surface area contributed by atoms with Gasteiger partial charge < -0.3 is 18.9 Å². The molecule has 144 valence electrons. The average Bonchev–Trinajstić information content (AvgIpc) is 2.78. The predicted molar refractivity (Wildman–Crippen MR) is 109 cm³/mol. The molecule has 0 N–H and O–H groups in total. The Balaban J connectivity index is 1.79. The van der Waals surface area contributed by atoms with Crippen LogP contribution in [0.15, 0.2) is 66.7 Å². The van der Waals surface area contributed by atoms with Crippen LogP contribution in [0.5, 0.6) is 23.0 Å². The van der Waals surface area contributed by atoms with Crippen LogP contribution < -0.4 is 18.9 Å². The van der Waals surface area contributed by atoms with Crippen molar-refractivity contribution in [2.75, 3.05) is 27.9 Å². The molecule has 2 atom stereocenters. The van der Waals surface area contributed by atoms with Crippen LogP contribution in [0.3, 0.4) is 0 Å². The molecule has 0 saturated carbocycles. The molecule has 4 nitrogen and oxygen atoms in total. The van der Waals surface area contributed by atoms with E-state index < -0.39 is 0 Å². The van der Waals surface area contributed by atoms with Gasteiger partial charge in [0.05, 0.1) is 27.9 Å². The molecular weight excluding hydrogens is 352 g/mol. The third-order valence-electron chi connectivity index (χ3n) is 5.40. The van der Waals surface area contributed by atoms with E-state index >= 15 is 0 Å². The molecule has 0 amide bonds. The molecule has 0 fully saturated rings. The zero-order valence-corrected chi connectivity index (χ0v) is 16.3. The van der Waals surface area contributed by atoms with Gasteiger partial charge in [0.15, 0.2) is 0 Å². The summed E-state index contributed by atoms with van der Waals surface area (Å²) in [7, 11) is 5.04. The zero-order valence-electron chi connectivity index (χ0n) is 16.3. The van der Waals surface area contributed by atoms with Crippen LogP contribution in [0, 0.1) is 0 Å². The Morgan fingerprint density at radius 1 is 0.679 bits per heavy atom. The quantitative estimate of drug-likeness (QED) is 0.626. The summed E-state index contributed by atoms with van der Waals surface area (Å²) in [5, 5.41) is 0. The summed E-state index contributed by atoms with van der Waals surface area (Å²) in [6, 6.07) is 22.6. The molecule has 0 bridgehead atoms. The van der Waals surface area contributed by atoms with Crippen LogP contribution in [0.4, 0.5) is 0 Å². The van der Waals surface area contributed by atoms with E-state index in [1.165, 1.54) is 11.1 Å². The van der Waals surface area contributed by atoms with Gasteiger partial charge in [0.1, 0.15) is 23.0 Å². The summed E-state index contributed by atoms with van der Waals surface area (Å²) in [5.41, 5.74) is 3.62. The van der Waals surface area contributed by atoms with Crippen molar-refractivity contribution in [1.29, 1.82) is 0 Å². The Morgan fingerprint density at radius 3 is 1.79 bits per heavy atom. The molecule has 0 unspecified atom stereocenters. The number of ether oxygens (including phenoxy) is 4. The predicted octanol–water partition coefficient (Wildman–Crippen LogP) is 5.02. The third-order valence-corrected chi connectivity index (χ3v) is 5.40. The van der Waals surface area contributed by atoms with Crippen LogP contribution in [0.25, 0.3) is 0 Å². The first kappa shape index (κ1) is 18.2. The van der Waals surface area contributed by atoms with Crippen LogP contribution in [-0.4, -0.2) is 27.9 Å². The number of benzene rings is 3. The molecule has 0 aliphatic carbocycles. The van der Waals surface area contributed by atoms with Gasteiger partial charge in [-0.25, -0.2) is 0 Å². The van der Waals surface area contributed by atoms with E-state index in [-0.39, 0.29) is 11.8 Å². The Morgan fingerprint density at radius 2 is 1.21 bits per heavy atom. The number of methoxy groups -OCH3 is 3. The second-order valence-corrected chi connectivity index (χ2v) is 6.85. The summed E-state index contributed by atoms with van der Waals surface area (Å²) in [4.78, 5) is 0. The van der Waals surface area contributed by atoms with Crippen molar-refractivity contribution < 1.29 is 18.9 Å². The van der Waals surface area contributed by atoms with E-state index in [4.69, 9.17) is 18.9 Å². The molecule has 1 heterocycles. The smallest absolute Gasteiger partial charge is 0.126 e. The highest BCUT2D eigenvalue weighted by Gasteiger charge is 2.33. The van der Waals surface area contributed by atoms with Gasteiger partial charge in [-0.1, -0.05) is 30.3 Å². The van der Waals surface area contributed by atoms with Crippen molar-refractivity contribution in [3.63, 3.8) is 0 Å². The van der Waals surface area contributed by atoms with Crippen molar-refractivity contribution in [2.45, 2.75) is 11.8 Å². The highest BCUT2D eigenvalue weighted by molar-refractivity contribution is 5.51. The third kappa shape index (κ3) is 3.38. The molecule has 1 aliphatic rings. The molecule has 0 spiro atoms. The Kier molecular flexibility index (Phi) is 5.11. The Labute approximate surface area is 165 Å². The highest BCUT2D eigenvalue weighted by atomic mass is 16.5. The number of rotatable bonds is 5. The molecule has 3 aromatic rings. The van der Waals surface area contributed by atoms with Gasteiger partial charge >= 0.3 is 0 Å². The van der Waals surface area contributed by atoms with Crippen LogP contribution >= 0.6 is 0 Å². The molecule has 0 saturated heterocycles. The summed E-state index contributed by atoms with van der Waals surface area (Å²) in [6.07, 6.45) is 0. The lowest BCUT2D eigenvalue weighted by Gasteiger charge is -2.34. The molecule has 1 aliphatic heterocycles. The fourth-order valence-corrected chi connectivity index (χ4v) is 3.88. The minimum absolute atomic E-state index is 0.175. The van der Waals surface area contributed by atoms with Crippen LogP contribution in [0.1, 0.15) is 28.5 Å². The lowest BCUT2D eigenvalue weighted by molar-refractivity contribution is 0.247.